The molecule has 0 atom stereocenters. The van der Waals surface area contributed by atoms with Crippen LogP contribution in [0, 0.1) is 0 Å². The lowest BCUT2D eigenvalue weighted by Crippen LogP contribution is -2.15. The number of unbranched alkanes of at least 4 members (excludes halogenated alkanes) is 1. The minimum Gasteiger partial charge on any atom is -0.481 e. The lowest BCUT2D eigenvalue weighted by atomic mass is 10.2. The molecule has 2 heterocycles. The molecule has 5 heteroatoms. The van der Waals surface area contributed by atoms with Gasteiger partial charge in [0.25, 0.3) is 0 Å². The van der Waals surface area contributed by atoms with E-state index in [9.17, 15) is 0 Å². The largest absolute Gasteiger partial charge is 0.481 e. The predicted octanol–water partition coefficient (Wildman–Crippen LogP) is 1.86. The molecule has 5 nitrogen and oxygen atoms in total. The maximum Gasteiger partial charge on any atom is 0.212 e. The van der Waals surface area contributed by atoms with Gasteiger partial charge in [0, 0.05) is 37.7 Å². The molecular weight excluding hydrogens is 240 g/mol. The van der Waals surface area contributed by atoms with Gasteiger partial charge >= 0.3 is 0 Å². The van der Waals surface area contributed by atoms with Gasteiger partial charge < -0.3 is 14.6 Å². The highest BCUT2D eigenvalue weighted by molar-refractivity contribution is 5.17. The predicted molar refractivity (Wildman–Crippen MR) is 74.0 cm³/mol. The molecular formula is C14H20N4O. The lowest BCUT2D eigenvalue weighted by Gasteiger charge is -2.06. The molecule has 0 saturated heterocycles. The fourth-order valence-corrected chi connectivity index (χ4v) is 1.83. The highest BCUT2D eigenvalue weighted by Crippen LogP contribution is 2.06. The Morgan fingerprint density at radius 3 is 2.95 bits per heavy atom. The third-order valence-electron chi connectivity index (χ3n) is 2.91. The summed E-state index contributed by atoms with van der Waals surface area (Å²) in [5.74, 6) is 0.657. The molecule has 0 spiro atoms. The van der Waals surface area contributed by atoms with Crippen LogP contribution in [0.15, 0.2) is 37.1 Å². The maximum atomic E-state index is 5.02. The van der Waals surface area contributed by atoms with Crippen molar-refractivity contribution in [1.29, 1.82) is 0 Å². The number of hydrogen-bond donors (Lipinski definition) is 1. The van der Waals surface area contributed by atoms with Crippen LogP contribution in [0.4, 0.5) is 0 Å². The second-order valence-corrected chi connectivity index (χ2v) is 4.39. The number of rotatable bonds is 8. The van der Waals surface area contributed by atoms with Crippen molar-refractivity contribution in [2.45, 2.75) is 25.9 Å². The Labute approximate surface area is 113 Å². The average molecular weight is 260 g/mol. The first-order valence-corrected chi connectivity index (χ1v) is 6.54. The SMILES string of the molecule is COc1ccc(CNCCCCn2ccnc2)cn1. The van der Waals surface area contributed by atoms with Crippen molar-refractivity contribution in [2.75, 3.05) is 13.7 Å². The fraction of sp³-hybridized carbons (Fsp3) is 0.429. The van der Waals surface area contributed by atoms with E-state index >= 15 is 0 Å². The highest BCUT2D eigenvalue weighted by Gasteiger charge is 1.96. The molecule has 0 bridgehead atoms. The number of ether oxygens (including phenoxy) is 1. The van der Waals surface area contributed by atoms with Gasteiger partial charge in [-0.25, -0.2) is 9.97 Å². The van der Waals surface area contributed by atoms with E-state index in [0.717, 1.165) is 32.5 Å². The summed E-state index contributed by atoms with van der Waals surface area (Å²) in [7, 11) is 1.63. The van der Waals surface area contributed by atoms with Crippen LogP contribution in [0.2, 0.25) is 0 Å². The number of hydrogen-bond acceptors (Lipinski definition) is 4. The van der Waals surface area contributed by atoms with Gasteiger partial charge in [0.05, 0.1) is 13.4 Å². The van der Waals surface area contributed by atoms with Crippen LogP contribution < -0.4 is 10.1 Å². The van der Waals surface area contributed by atoms with Gasteiger partial charge in [-0.1, -0.05) is 6.07 Å². The second-order valence-electron chi connectivity index (χ2n) is 4.39. The molecule has 0 aliphatic carbocycles. The standard InChI is InChI=1S/C14H20N4O/c1-19-14-5-4-13(11-17-14)10-15-6-2-3-8-18-9-7-16-12-18/h4-5,7,9,11-12,15H,2-3,6,8,10H2,1H3. The van der Waals surface area contributed by atoms with Gasteiger partial charge in [0.1, 0.15) is 0 Å². The summed E-state index contributed by atoms with van der Waals surface area (Å²) in [4.78, 5) is 8.19. The third-order valence-corrected chi connectivity index (χ3v) is 2.91. The van der Waals surface area contributed by atoms with Crippen molar-refractivity contribution in [2.24, 2.45) is 0 Å². The van der Waals surface area contributed by atoms with E-state index in [2.05, 4.69) is 19.9 Å². The molecule has 2 aromatic rings. The molecule has 0 radical (unpaired) electrons. The first-order chi connectivity index (χ1) is 9.38. The first-order valence-electron chi connectivity index (χ1n) is 6.54. The molecule has 2 aromatic heterocycles. The van der Waals surface area contributed by atoms with Gasteiger partial charge in [0.15, 0.2) is 0 Å². The van der Waals surface area contributed by atoms with Crippen LogP contribution in [0.5, 0.6) is 5.88 Å². The van der Waals surface area contributed by atoms with Crippen molar-refractivity contribution < 1.29 is 4.74 Å². The summed E-state index contributed by atoms with van der Waals surface area (Å²) in [5, 5.41) is 3.41. The van der Waals surface area contributed by atoms with Crippen LogP contribution in [0.3, 0.4) is 0 Å². The molecule has 0 saturated carbocycles. The van der Waals surface area contributed by atoms with Crippen LogP contribution in [0.1, 0.15) is 18.4 Å². The molecule has 2 rings (SSSR count). The number of imidazole rings is 1. The van der Waals surface area contributed by atoms with E-state index in [-0.39, 0.29) is 0 Å². The van der Waals surface area contributed by atoms with E-state index in [1.807, 2.05) is 37.1 Å². The van der Waals surface area contributed by atoms with Crippen LogP contribution in [0.25, 0.3) is 0 Å². The average Bonchev–Trinajstić information content (AvgIpc) is 2.96. The molecule has 1 N–H and O–H groups in total. The summed E-state index contributed by atoms with van der Waals surface area (Å²) >= 11 is 0. The van der Waals surface area contributed by atoms with Gasteiger partial charge in [-0.2, -0.15) is 0 Å². The number of methoxy groups -OCH3 is 1. The van der Waals surface area contributed by atoms with Crippen molar-refractivity contribution in [3.05, 3.63) is 42.6 Å². The minimum atomic E-state index is 0.657. The molecule has 102 valence electrons. The monoisotopic (exact) mass is 260 g/mol. The minimum absolute atomic E-state index is 0.657. The summed E-state index contributed by atoms with van der Waals surface area (Å²) in [6.07, 6.45) is 9.82. The van der Waals surface area contributed by atoms with Gasteiger partial charge in [-0.3, -0.25) is 0 Å². The number of nitrogens with one attached hydrogen (secondary N) is 1. The Morgan fingerprint density at radius 2 is 2.26 bits per heavy atom. The zero-order chi connectivity index (χ0) is 13.3. The second kappa shape index (κ2) is 7.53. The van der Waals surface area contributed by atoms with Crippen molar-refractivity contribution >= 4 is 0 Å². The number of pyridine rings is 1. The van der Waals surface area contributed by atoms with Gasteiger partial charge in [-0.15, -0.1) is 0 Å². The first kappa shape index (κ1) is 13.5. The number of nitrogens with zero attached hydrogens (tertiary/aromatic N) is 3. The smallest absolute Gasteiger partial charge is 0.212 e. The van der Waals surface area contributed by atoms with E-state index in [1.54, 1.807) is 7.11 Å². The zero-order valence-electron chi connectivity index (χ0n) is 11.2. The fourth-order valence-electron chi connectivity index (χ4n) is 1.83. The third kappa shape index (κ3) is 4.71. The number of aryl methyl sites for hydroxylation is 1. The number of aromatic nitrogens is 3. The van der Waals surface area contributed by atoms with Crippen LogP contribution >= 0.6 is 0 Å². The van der Waals surface area contributed by atoms with E-state index in [4.69, 9.17) is 4.74 Å². The normalized spacial score (nSPS) is 10.6. The molecule has 0 aliphatic rings. The maximum absolute atomic E-state index is 5.02. The van der Waals surface area contributed by atoms with Crippen molar-refractivity contribution in [3.63, 3.8) is 0 Å². The molecule has 0 aromatic carbocycles. The molecule has 0 unspecified atom stereocenters. The van der Waals surface area contributed by atoms with E-state index < -0.39 is 0 Å². The Kier molecular flexibility index (Phi) is 5.37. The summed E-state index contributed by atoms with van der Waals surface area (Å²) < 4.78 is 7.13. The topological polar surface area (TPSA) is 52.0 Å². The Bertz CT molecular complexity index is 453. The molecule has 0 fully saturated rings. The Hall–Kier alpha value is -1.88. The summed E-state index contributed by atoms with van der Waals surface area (Å²) in [5.41, 5.74) is 1.18. The van der Waals surface area contributed by atoms with E-state index in [1.165, 1.54) is 5.56 Å². The molecule has 0 amide bonds. The summed E-state index contributed by atoms with van der Waals surface area (Å²) in [6, 6.07) is 3.92. The van der Waals surface area contributed by atoms with Crippen molar-refractivity contribution in [1.82, 2.24) is 19.9 Å². The van der Waals surface area contributed by atoms with E-state index in [0.29, 0.717) is 5.88 Å². The lowest BCUT2D eigenvalue weighted by molar-refractivity contribution is 0.397. The van der Waals surface area contributed by atoms with Crippen LogP contribution in [-0.2, 0) is 13.1 Å². The van der Waals surface area contributed by atoms with Crippen LogP contribution in [-0.4, -0.2) is 28.2 Å². The molecule has 0 aliphatic heterocycles. The van der Waals surface area contributed by atoms with Gasteiger partial charge in [-0.05, 0) is 24.9 Å². The highest BCUT2D eigenvalue weighted by atomic mass is 16.5. The quantitative estimate of drug-likeness (QED) is 0.736. The Balaban J connectivity index is 1.56. The van der Waals surface area contributed by atoms with Crippen molar-refractivity contribution in [3.8, 4) is 5.88 Å². The molecule has 19 heavy (non-hydrogen) atoms. The summed E-state index contributed by atoms with van der Waals surface area (Å²) in [6.45, 7) is 2.90. The zero-order valence-corrected chi connectivity index (χ0v) is 11.2. The van der Waals surface area contributed by atoms with Gasteiger partial charge in [0.2, 0.25) is 5.88 Å². The Morgan fingerprint density at radius 1 is 1.32 bits per heavy atom.